The van der Waals surface area contributed by atoms with Crippen LogP contribution in [0.15, 0.2) is 53.5 Å². The van der Waals surface area contributed by atoms with Crippen LogP contribution in [0.2, 0.25) is 0 Å². The van der Waals surface area contributed by atoms with Crippen LogP contribution in [0, 0.1) is 0 Å². The number of halogens is 1. The minimum atomic E-state index is -0.743. The molecule has 2 unspecified atom stereocenters. The van der Waals surface area contributed by atoms with E-state index in [0.29, 0.717) is 17.5 Å². The minimum Gasteiger partial charge on any atom is -0.493 e. The van der Waals surface area contributed by atoms with Gasteiger partial charge in [-0.1, -0.05) is 36.4 Å². The summed E-state index contributed by atoms with van der Waals surface area (Å²) in [6, 6.07) is 15.6. The number of guanidine groups is 1. The lowest BCUT2D eigenvalue weighted by molar-refractivity contribution is 0.186. The van der Waals surface area contributed by atoms with E-state index >= 15 is 0 Å². The highest BCUT2D eigenvalue weighted by atomic mass is 127. The van der Waals surface area contributed by atoms with Crippen LogP contribution in [0.25, 0.3) is 0 Å². The molecule has 154 valence electrons. The van der Waals surface area contributed by atoms with Crippen LogP contribution >= 0.6 is 24.0 Å². The molecule has 0 bridgehead atoms. The average molecular weight is 499 g/mol. The smallest absolute Gasteiger partial charge is 0.191 e. The monoisotopic (exact) mass is 499 g/mol. The molecule has 2 atom stereocenters. The molecule has 0 amide bonds. The second-order valence-electron chi connectivity index (χ2n) is 6.13. The summed E-state index contributed by atoms with van der Waals surface area (Å²) in [7, 11) is 3.16. The molecule has 0 aliphatic heterocycles. The maximum atomic E-state index is 10.5. The molecule has 0 aliphatic rings. The largest absolute Gasteiger partial charge is 0.493 e. The Kier molecular flexibility index (Phi) is 10.7. The number of rotatable bonds is 8. The maximum Gasteiger partial charge on any atom is 0.191 e. The molecule has 2 aromatic rings. The summed E-state index contributed by atoms with van der Waals surface area (Å²) >= 11 is 0. The summed E-state index contributed by atoms with van der Waals surface area (Å²) in [5.41, 5.74) is 1.90. The number of hydrogen-bond donors (Lipinski definition) is 3. The molecule has 0 saturated carbocycles. The van der Waals surface area contributed by atoms with Crippen LogP contribution < -0.4 is 20.1 Å². The Morgan fingerprint density at radius 1 is 1.04 bits per heavy atom. The number of aliphatic imine (C=N–C) groups is 1. The van der Waals surface area contributed by atoms with Crippen molar-refractivity contribution in [2.45, 2.75) is 26.0 Å². The van der Waals surface area contributed by atoms with Gasteiger partial charge in [0.05, 0.1) is 32.9 Å². The standard InChI is InChI=1S/C21H29N3O3.HI/c1-5-22-21(24-15(2)16-9-7-6-8-10-16)23-14-18(25)17-11-12-19(26-3)20(13-17)27-4;/h6-13,15,18,25H,5,14H2,1-4H3,(H2,22,23,24);1H. The average Bonchev–Trinajstić information content (AvgIpc) is 2.71. The van der Waals surface area contributed by atoms with Gasteiger partial charge in [-0.05, 0) is 37.1 Å². The van der Waals surface area contributed by atoms with Gasteiger partial charge < -0.3 is 25.2 Å². The number of hydrogen-bond acceptors (Lipinski definition) is 4. The first-order valence-electron chi connectivity index (χ1n) is 9.08. The van der Waals surface area contributed by atoms with Crippen molar-refractivity contribution >= 4 is 29.9 Å². The van der Waals surface area contributed by atoms with Crippen LogP contribution in [0.1, 0.15) is 37.1 Å². The normalized spacial score (nSPS) is 13.1. The Balaban J connectivity index is 0.00000392. The Morgan fingerprint density at radius 3 is 2.32 bits per heavy atom. The number of aliphatic hydroxyl groups excluding tert-OH is 1. The molecule has 6 nitrogen and oxygen atoms in total. The van der Waals surface area contributed by atoms with Crippen molar-refractivity contribution in [2.75, 3.05) is 27.3 Å². The first kappa shape index (κ1) is 24.0. The van der Waals surface area contributed by atoms with Crippen molar-refractivity contribution < 1.29 is 14.6 Å². The van der Waals surface area contributed by atoms with Gasteiger partial charge in [-0.25, -0.2) is 0 Å². The molecule has 2 aromatic carbocycles. The highest BCUT2D eigenvalue weighted by molar-refractivity contribution is 14.0. The van der Waals surface area contributed by atoms with Gasteiger partial charge in [0.25, 0.3) is 0 Å². The van der Waals surface area contributed by atoms with Crippen molar-refractivity contribution in [1.82, 2.24) is 10.6 Å². The van der Waals surface area contributed by atoms with Gasteiger partial charge in [0, 0.05) is 6.54 Å². The van der Waals surface area contributed by atoms with Gasteiger partial charge in [-0.3, -0.25) is 4.99 Å². The van der Waals surface area contributed by atoms with E-state index in [1.54, 1.807) is 26.4 Å². The van der Waals surface area contributed by atoms with Crippen molar-refractivity contribution in [1.29, 1.82) is 0 Å². The highest BCUT2D eigenvalue weighted by Gasteiger charge is 2.13. The minimum absolute atomic E-state index is 0. The van der Waals surface area contributed by atoms with Crippen molar-refractivity contribution in [3.8, 4) is 11.5 Å². The topological polar surface area (TPSA) is 75.1 Å². The quantitative estimate of drug-likeness (QED) is 0.294. The predicted molar refractivity (Wildman–Crippen MR) is 124 cm³/mol. The fraction of sp³-hybridized carbons (Fsp3) is 0.381. The zero-order chi connectivity index (χ0) is 19.6. The zero-order valence-electron chi connectivity index (χ0n) is 16.8. The summed E-state index contributed by atoms with van der Waals surface area (Å²) < 4.78 is 10.5. The Hall–Kier alpha value is -2.00. The summed E-state index contributed by atoms with van der Waals surface area (Å²) in [6.07, 6.45) is -0.743. The van der Waals surface area contributed by atoms with E-state index in [1.165, 1.54) is 5.56 Å². The number of benzene rings is 2. The van der Waals surface area contributed by atoms with Crippen LogP contribution in [-0.2, 0) is 0 Å². The third kappa shape index (κ3) is 6.87. The number of ether oxygens (including phenoxy) is 2. The third-order valence-electron chi connectivity index (χ3n) is 4.21. The first-order chi connectivity index (χ1) is 13.1. The molecule has 28 heavy (non-hydrogen) atoms. The second kappa shape index (κ2) is 12.5. The van der Waals surface area contributed by atoms with Crippen LogP contribution in [0.4, 0.5) is 0 Å². The molecular weight excluding hydrogens is 469 g/mol. The summed E-state index contributed by atoms with van der Waals surface area (Å²) in [5, 5.41) is 17.1. The van der Waals surface area contributed by atoms with Crippen LogP contribution in [-0.4, -0.2) is 38.4 Å². The summed E-state index contributed by atoms with van der Waals surface area (Å²) in [5.74, 6) is 1.87. The van der Waals surface area contributed by atoms with E-state index in [0.717, 1.165) is 12.1 Å². The van der Waals surface area contributed by atoms with E-state index in [1.807, 2.05) is 31.2 Å². The first-order valence-corrected chi connectivity index (χ1v) is 9.08. The van der Waals surface area contributed by atoms with Gasteiger partial charge in [0.1, 0.15) is 0 Å². The highest BCUT2D eigenvalue weighted by Crippen LogP contribution is 2.30. The molecule has 0 radical (unpaired) electrons. The summed E-state index contributed by atoms with van der Waals surface area (Å²) in [4.78, 5) is 4.53. The second-order valence-corrected chi connectivity index (χ2v) is 6.13. The number of aliphatic hydroxyl groups is 1. The maximum absolute atomic E-state index is 10.5. The molecule has 0 aromatic heterocycles. The fourth-order valence-electron chi connectivity index (χ4n) is 2.69. The molecule has 0 saturated heterocycles. The molecule has 0 aliphatic carbocycles. The molecule has 2 rings (SSSR count). The van der Waals surface area contributed by atoms with E-state index in [9.17, 15) is 5.11 Å². The molecule has 7 heteroatoms. The van der Waals surface area contributed by atoms with Crippen molar-refractivity contribution in [3.63, 3.8) is 0 Å². The number of methoxy groups -OCH3 is 2. The van der Waals surface area contributed by atoms with E-state index in [2.05, 4.69) is 34.7 Å². The number of nitrogens with one attached hydrogen (secondary N) is 2. The van der Waals surface area contributed by atoms with Gasteiger partial charge >= 0.3 is 0 Å². The Bertz CT molecular complexity index is 741. The predicted octanol–water partition coefficient (Wildman–Crippen LogP) is 3.67. The third-order valence-corrected chi connectivity index (χ3v) is 4.21. The van der Waals surface area contributed by atoms with E-state index in [-0.39, 0.29) is 36.6 Å². The van der Waals surface area contributed by atoms with Crippen molar-refractivity contribution in [3.05, 3.63) is 59.7 Å². The Morgan fingerprint density at radius 2 is 1.71 bits per heavy atom. The summed E-state index contributed by atoms with van der Waals surface area (Å²) in [6.45, 7) is 5.05. The van der Waals surface area contributed by atoms with E-state index < -0.39 is 6.10 Å². The lowest BCUT2D eigenvalue weighted by Gasteiger charge is -2.19. The molecule has 0 fully saturated rings. The SMILES string of the molecule is CCNC(=NCC(O)c1ccc(OC)c(OC)c1)NC(C)c1ccccc1.I. The van der Waals surface area contributed by atoms with Crippen molar-refractivity contribution in [2.24, 2.45) is 4.99 Å². The van der Waals surface area contributed by atoms with E-state index in [4.69, 9.17) is 9.47 Å². The van der Waals surface area contributed by atoms with Gasteiger partial charge in [0.15, 0.2) is 17.5 Å². The Labute approximate surface area is 184 Å². The number of nitrogens with zero attached hydrogens (tertiary/aromatic N) is 1. The molecule has 3 N–H and O–H groups in total. The molecular formula is C21H30IN3O3. The lowest BCUT2D eigenvalue weighted by atomic mass is 10.1. The lowest BCUT2D eigenvalue weighted by Crippen LogP contribution is -2.39. The molecule has 0 spiro atoms. The fourth-order valence-corrected chi connectivity index (χ4v) is 2.69. The van der Waals surface area contributed by atoms with Crippen LogP contribution in [0.3, 0.4) is 0 Å². The molecule has 0 heterocycles. The van der Waals surface area contributed by atoms with Gasteiger partial charge in [0.2, 0.25) is 0 Å². The van der Waals surface area contributed by atoms with Gasteiger partial charge in [-0.2, -0.15) is 0 Å². The zero-order valence-corrected chi connectivity index (χ0v) is 19.1. The van der Waals surface area contributed by atoms with Gasteiger partial charge in [-0.15, -0.1) is 24.0 Å². The van der Waals surface area contributed by atoms with Crippen LogP contribution in [0.5, 0.6) is 11.5 Å².